The van der Waals surface area contributed by atoms with Crippen molar-refractivity contribution in [1.29, 1.82) is 0 Å². The maximum Gasteiger partial charge on any atom is 0.0376 e. The second-order valence-corrected chi connectivity index (χ2v) is 1.88. The molecule has 1 aliphatic rings. The van der Waals surface area contributed by atoms with E-state index >= 15 is 0 Å². The summed E-state index contributed by atoms with van der Waals surface area (Å²) in [6, 6.07) is 0. The molecule has 0 spiro atoms. The summed E-state index contributed by atoms with van der Waals surface area (Å²) in [5.41, 5.74) is 4.36. The number of rotatable bonds is 0. The van der Waals surface area contributed by atoms with Crippen LogP contribution in [0.1, 0.15) is 6.92 Å². The highest BCUT2D eigenvalue weighted by molar-refractivity contribution is 5.00. The first-order valence-electron chi connectivity index (χ1n) is 2.43. The van der Waals surface area contributed by atoms with Gasteiger partial charge in [0.05, 0.1) is 0 Å². The van der Waals surface area contributed by atoms with E-state index in [0.29, 0.717) is 0 Å². The molecule has 0 bridgehead atoms. The predicted molar refractivity (Wildman–Crippen MR) is 29.5 cm³/mol. The molecule has 7 heavy (non-hydrogen) atoms. The largest absolute Gasteiger partial charge is 0.324 e. The van der Waals surface area contributed by atoms with Crippen LogP contribution in [0.3, 0.4) is 0 Å². The second-order valence-electron chi connectivity index (χ2n) is 1.88. The van der Waals surface area contributed by atoms with Gasteiger partial charge in [-0.2, -0.15) is 0 Å². The lowest BCUT2D eigenvalue weighted by atomic mass is 10.5. The van der Waals surface area contributed by atoms with Crippen molar-refractivity contribution in [3.63, 3.8) is 0 Å². The molecule has 0 aromatic heterocycles. The molecule has 2 nitrogen and oxygen atoms in total. The van der Waals surface area contributed by atoms with Crippen molar-refractivity contribution in [2.24, 2.45) is 0 Å². The standard InChI is InChI=1S/C5H10N2/c1-5-3-4-7(2)6-5/h3,6H,4H2,1-2H3. The number of hydrazine groups is 1. The molecule has 0 saturated carbocycles. The lowest BCUT2D eigenvalue weighted by Gasteiger charge is -2.07. The van der Waals surface area contributed by atoms with Crippen LogP contribution < -0.4 is 5.43 Å². The third kappa shape index (κ3) is 0.933. The van der Waals surface area contributed by atoms with E-state index in [1.54, 1.807) is 0 Å². The van der Waals surface area contributed by atoms with Crippen molar-refractivity contribution in [2.45, 2.75) is 6.92 Å². The highest BCUT2D eigenvalue weighted by atomic mass is 15.5. The molecule has 0 fully saturated rings. The summed E-state index contributed by atoms with van der Waals surface area (Å²) in [4.78, 5) is 0. The van der Waals surface area contributed by atoms with Crippen LogP contribution in [0.5, 0.6) is 0 Å². The minimum Gasteiger partial charge on any atom is -0.324 e. The highest BCUT2D eigenvalue weighted by Gasteiger charge is 2.00. The van der Waals surface area contributed by atoms with E-state index in [4.69, 9.17) is 0 Å². The van der Waals surface area contributed by atoms with Crippen LogP contribution in [-0.4, -0.2) is 18.6 Å². The van der Waals surface area contributed by atoms with Gasteiger partial charge in [0, 0.05) is 19.3 Å². The summed E-state index contributed by atoms with van der Waals surface area (Å²) < 4.78 is 0. The van der Waals surface area contributed by atoms with Crippen LogP contribution in [0.4, 0.5) is 0 Å². The van der Waals surface area contributed by atoms with Gasteiger partial charge < -0.3 is 5.43 Å². The quantitative estimate of drug-likeness (QED) is 0.470. The van der Waals surface area contributed by atoms with Crippen molar-refractivity contribution in [3.8, 4) is 0 Å². The topological polar surface area (TPSA) is 15.3 Å². The molecule has 1 heterocycles. The highest BCUT2D eigenvalue weighted by Crippen LogP contribution is 1.95. The predicted octanol–water partition coefficient (Wildman–Crippen LogP) is 0.340. The summed E-state index contributed by atoms with van der Waals surface area (Å²) in [7, 11) is 2.02. The molecule has 0 unspecified atom stereocenters. The summed E-state index contributed by atoms with van der Waals surface area (Å²) >= 11 is 0. The minimum atomic E-state index is 1.03. The normalized spacial score (nSPS) is 21.7. The molecule has 40 valence electrons. The van der Waals surface area contributed by atoms with Crippen LogP contribution in [0.2, 0.25) is 0 Å². The van der Waals surface area contributed by atoms with E-state index in [2.05, 4.69) is 18.4 Å². The average molecular weight is 98.1 g/mol. The molecule has 0 aliphatic carbocycles. The van der Waals surface area contributed by atoms with Gasteiger partial charge in [-0.25, -0.2) is 5.01 Å². The van der Waals surface area contributed by atoms with Gasteiger partial charge in [0.2, 0.25) is 0 Å². The third-order valence-corrected chi connectivity index (χ3v) is 1.04. The lowest BCUT2D eigenvalue weighted by molar-refractivity contribution is 0.322. The SMILES string of the molecule is CC1=CCN(C)N1. The summed E-state index contributed by atoms with van der Waals surface area (Å²) in [5, 5.41) is 2.04. The molecule has 0 radical (unpaired) electrons. The molecule has 0 saturated heterocycles. The summed E-state index contributed by atoms with van der Waals surface area (Å²) in [5.74, 6) is 0. The fourth-order valence-corrected chi connectivity index (χ4v) is 0.666. The maximum absolute atomic E-state index is 3.11. The monoisotopic (exact) mass is 98.1 g/mol. The van der Waals surface area contributed by atoms with E-state index in [0.717, 1.165) is 6.54 Å². The van der Waals surface area contributed by atoms with Crippen LogP contribution in [0.25, 0.3) is 0 Å². The Kier molecular flexibility index (Phi) is 1.02. The zero-order valence-corrected chi connectivity index (χ0v) is 4.73. The van der Waals surface area contributed by atoms with Gasteiger partial charge in [0.1, 0.15) is 0 Å². The molecule has 0 aromatic rings. The zero-order chi connectivity index (χ0) is 5.28. The first-order valence-corrected chi connectivity index (χ1v) is 2.43. The molecule has 1 N–H and O–H groups in total. The van der Waals surface area contributed by atoms with E-state index in [9.17, 15) is 0 Å². The van der Waals surface area contributed by atoms with Crippen molar-refractivity contribution in [2.75, 3.05) is 13.6 Å². The van der Waals surface area contributed by atoms with E-state index in [1.807, 2.05) is 12.1 Å². The Morgan fingerprint density at radius 3 is 2.71 bits per heavy atom. The second kappa shape index (κ2) is 1.54. The van der Waals surface area contributed by atoms with Gasteiger partial charge in [0.25, 0.3) is 0 Å². The third-order valence-electron chi connectivity index (χ3n) is 1.04. The molecule has 0 amide bonds. The van der Waals surface area contributed by atoms with E-state index in [-0.39, 0.29) is 0 Å². The fourth-order valence-electron chi connectivity index (χ4n) is 0.666. The van der Waals surface area contributed by atoms with Crippen LogP contribution in [0.15, 0.2) is 11.8 Å². The minimum absolute atomic E-state index is 1.03. The molecular weight excluding hydrogens is 88.1 g/mol. The van der Waals surface area contributed by atoms with Crippen LogP contribution >= 0.6 is 0 Å². The van der Waals surface area contributed by atoms with Crippen molar-refractivity contribution >= 4 is 0 Å². The molecule has 0 aromatic carbocycles. The van der Waals surface area contributed by atoms with Gasteiger partial charge in [-0.15, -0.1) is 0 Å². The van der Waals surface area contributed by atoms with Crippen molar-refractivity contribution in [3.05, 3.63) is 11.8 Å². The summed E-state index contributed by atoms with van der Waals surface area (Å²) in [6.45, 7) is 3.09. The van der Waals surface area contributed by atoms with Crippen molar-refractivity contribution in [1.82, 2.24) is 10.4 Å². The van der Waals surface area contributed by atoms with Gasteiger partial charge >= 0.3 is 0 Å². The first-order chi connectivity index (χ1) is 3.29. The number of allylic oxidation sites excluding steroid dienone is 1. The Hall–Kier alpha value is -0.500. The molecular formula is C5H10N2. The van der Waals surface area contributed by atoms with Gasteiger partial charge in [0.15, 0.2) is 0 Å². The van der Waals surface area contributed by atoms with E-state index in [1.165, 1.54) is 5.70 Å². The Morgan fingerprint density at radius 1 is 1.86 bits per heavy atom. The average Bonchev–Trinajstić information content (AvgIpc) is 1.87. The number of hydrogen-bond donors (Lipinski definition) is 1. The number of nitrogens with zero attached hydrogens (tertiary/aromatic N) is 1. The molecule has 0 atom stereocenters. The fraction of sp³-hybridized carbons (Fsp3) is 0.600. The van der Waals surface area contributed by atoms with Gasteiger partial charge in [-0.3, -0.25) is 0 Å². The van der Waals surface area contributed by atoms with Crippen LogP contribution in [-0.2, 0) is 0 Å². The van der Waals surface area contributed by atoms with E-state index < -0.39 is 0 Å². The summed E-state index contributed by atoms with van der Waals surface area (Å²) in [6.07, 6.45) is 2.15. The number of likely N-dealkylation sites (N-methyl/N-ethyl adjacent to an activating group) is 1. The number of hydrogen-bond acceptors (Lipinski definition) is 2. The molecule has 2 heteroatoms. The molecule has 1 rings (SSSR count). The number of nitrogens with one attached hydrogen (secondary N) is 1. The zero-order valence-electron chi connectivity index (χ0n) is 4.73. The van der Waals surface area contributed by atoms with Gasteiger partial charge in [-0.1, -0.05) is 0 Å². The van der Waals surface area contributed by atoms with Gasteiger partial charge in [-0.05, 0) is 13.0 Å². The Labute approximate surface area is 43.8 Å². The lowest BCUT2D eigenvalue weighted by Crippen LogP contribution is -2.26. The Balaban J connectivity index is 2.42. The maximum atomic E-state index is 3.11. The van der Waals surface area contributed by atoms with Crippen LogP contribution in [0, 0.1) is 0 Å². The van der Waals surface area contributed by atoms with Crippen molar-refractivity contribution < 1.29 is 0 Å². The molecule has 1 aliphatic heterocycles. The Bertz CT molecular complexity index is 96.3. The first kappa shape index (κ1) is 4.65. The Morgan fingerprint density at radius 2 is 2.57 bits per heavy atom. The smallest absolute Gasteiger partial charge is 0.0376 e.